The van der Waals surface area contributed by atoms with Crippen molar-refractivity contribution >= 4 is 5.91 Å². The Morgan fingerprint density at radius 3 is 2.12 bits per heavy atom. The number of aliphatic hydroxyl groups excluding tert-OH is 2. The molecule has 0 aliphatic carbocycles. The van der Waals surface area contributed by atoms with Crippen LogP contribution in [-0.4, -0.2) is 46.3 Å². The molecule has 1 unspecified atom stereocenters. The molecule has 1 aliphatic heterocycles. The lowest BCUT2D eigenvalue weighted by Gasteiger charge is -2.28. The van der Waals surface area contributed by atoms with Gasteiger partial charge in [-0.15, -0.1) is 0 Å². The van der Waals surface area contributed by atoms with Crippen molar-refractivity contribution in [2.75, 3.05) is 13.1 Å². The topological polar surface area (TPSA) is 60.8 Å². The monoisotopic (exact) mass is 229 g/mol. The van der Waals surface area contributed by atoms with Crippen LogP contribution in [0.3, 0.4) is 0 Å². The predicted molar refractivity (Wildman–Crippen MR) is 61.8 cm³/mol. The molecule has 0 bridgehead atoms. The molecule has 94 valence electrons. The smallest absolute Gasteiger partial charge is 0.223 e. The molecular formula is C12H23NO3. The van der Waals surface area contributed by atoms with Gasteiger partial charge in [-0.1, -0.05) is 27.7 Å². The fourth-order valence-corrected chi connectivity index (χ4v) is 1.67. The maximum Gasteiger partial charge on any atom is 0.223 e. The van der Waals surface area contributed by atoms with Crippen LogP contribution < -0.4 is 0 Å². The van der Waals surface area contributed by atoms with E-state index < -0.39 is 12.2 Å². The summed E-state index contributed by atoms with van der Waals surface area (Å²) in [5.74, 6) is 0.313. The first kappa shape index (κ1) is 13.5. The van der Waals surface area contributed by atoms with Gasteiger partial charge in [0.1, 0.15) is 0 Å². The third kappa shape index (κ3) is 3.19. The molecule has 0 radical (unpaired) electrons. The Hall–Kier alpha value is -0.610. The van der Waals surface area contributed by atoms with Gasteiger partial charge in [0, 0.05) is 19.5 Å². The van der Waals surface area contributed by atoms with Gasteiger partial charge in [-0.3, -0.25) is 4.79 Å². The SMILES string of the molecule is CC(CC(=O)N1C[C@@H](O)[C@@H](O)C1)C(C)(C)C. The van der Waals surface area contributed by atoms with Crippen LogP contribution in [0, 0.1) is 11.3 Å². The van der Waals surface area contributed by atoms with Crippen molar-refractivity contribution in [1.82, 2.24) is 4.90 Å². The van der Waals surface area contributed by atoms with Crippen LogP contribution in [0.2, 0.25) is 0 Å². The minimum Gasteiger partial charge on any atom is -0.388 e. The fraction of sp³-hybridized carbons (Fsp3) is 0.917. The number of rotatable bonds is 2. The van der Waals surface area contributed by atoms with E-state index in [0.717, 1.165) is 0 Å². The third-order valence-electron chi connectivity index (χ3n) is 3.57. The summed E-state index contributed by atoms with van der Waals surface area (Å²) < 4.78 is 0. The van der Waals surface area contributed by atoms with Crippen molar-refractivity contribution in [3.63, 3.8) is 0 Å². The Kier molecular flexibility index (Phi) is 3.97. The molecule has 0 aromatic heterocycles. The predicted octanol–water partition coefficient (Wildman–Crippen LogP) is 0.623. The zero-order valence-electron chi connectivity index (χ0n) is 10.6. The molecule has 1 rings (SSSR count). The van der Waals surface area contributed by atoms with Crippen molar-refractivity contribution in [1.29, 1.82) is 0 Å². The summed E-state index contributed by atoms with van der Waals surface area (Å²) in [4.78, 5) is 13.5. The van der Waals surface area contributed by atoms with Crippen LogP contribution in [0.1, 0.15) is 34.1 Å². The van der Waals surface area contributed by atoms with Gasteiger partial charge < -0.3 is 15.1 Å². The summed E-state index contributed by atoms with van der Waals surface area (Å²) >= 11 is 0. The number of aliphatic hydroxyl groups is 2. The molecule has 2 N–H and O–H groups in total. The van der Waals surface area contributed by atoms with Crippen molar-refractivity contribution in [3.8, 4) is 0 Å². The molecule has 1 heterocycles. The number of hydrogen-bond donors (Lipinski definition) is 2. The van der Waals surface area contributed by atoms with Crippen LogP contribution in [-0.2, 0) is 4.79 Å². The second-order valence-corrected chi connectivity index (χ2v) is 5.90. The van der Waals surface area contributed by atoms with E-state index in [9.17, 15) is 15.0 Å². The first-order valence-corrected chi connectivity index (χ1v) is 5.85. The minimum atomic E-state index is -0.783. The van der Waals surface area contributed by atoms with Gasteiger partial charge in [0.2, 0.25) is 5.91 Å². The number of nitrogens with zero attached hydrogens (tertiary/aromatic N) is 1. The highest BCUT2D eigenvalue weighted by Crippen LogP contribution is 2.29. The summed E-state index contributed by atoms with van der Waals surface area (Å²) in [6.45, 7) is 8.91. The lowest BCUT2D eigenvalue weighted by Crippen LogP contribution is -2.33. The Morgan fingerprint density at radius 2 is 1.75 bits per heavy atom. The quantitative estimate of drug-likeness (QED) is 0.730. The molecule has 16 heavy (non-hydrogen) atoms. The minimum absolute atomic E-state index is 0.0259. The average Bonchev–Trinajstić information content (AvgIpc) is 2.45. The van der Waals surface area contributed by atoms with Crippen LogP contribution in [0.4, 0.5) is 0 Å². The molecule has 1 aliphatic rings. The molecule has 4 nitrogen and oxygen atoms in total. The van der Waals surface area contributed by atoms with Gasteiger partial charge in [0.15, 0.2) is 0 Å². The molecule has 1 fully saturated rings. The normalized spacial score (nSPS) is 28.2. The lowest BCUT2D eigenvalue weighted by molar-refractivity contribution is -0.132. The highest BCUT2D eigenvalue weighted by atomic mass is 16.3. The van der Waals surface area contributed by atoms with E-state index in [1.54, 1.807) is 4.90 Å². The van der Waals surface area contributed by atoms with Crippen molar-refractivity contribution in [2.45, 2.75) is 46.3 Å². The van der Waals surface area contributed by atoms with Gasteiger partial charge in [-0.25, -0.2) is 0 Å². The Morgan fingerprint density at radius 1 is 1.31 bits per heavy atom. The molecule has 1 amide bonds. The van der Waals surface area contributed by atoms with Gasteiger partial charge in [-0.2, -0.15) is 0 Å². The zero-order chi connectivity index (χ0) is 12.5. The highest BCUT2D eigenvalue weighted by Gasteiger charge is 2.34. The van der Waals surface area contributed by atoms with Crippen LogP contribution in [0.15, 0.2) is 0 Å². The second-order valence-electron chi connectivity index (χ2n) is 5.90. The van der Waals surface area contributed by atoms with Crippen molar-refractivity contribution in [2.24, 2.45) is 11.3 Å². The number of carbonyl (C=O) groups excluding carboxylic acids is 1. The Bertz CT molecular complexity index is 249. The number of β-amino-alcohol motifs (C(OH)–C–C–N with tert-alkyl or cyclic N) is 2. The van der Waals surface area contributed by atoms with E-state index in [2.05, 4.69) is 27.7 Å². The van der Waals surface area contributed by atoms with Gasteiger partial charge in [0.25, 0.3) is 0 Å². The molecule has 4 heteroatoms. The van der Waals surface area contributed by atoms with E-state index in [-0.39, 0.29) is 30.3 Å². The van der Waals surface area contributed by atoms with Gasteiger partial charge in [-0.05, 0) is 11.3 Å². The highest BCUT2D eigenvalue weighted by molar-refractivity contribution is 5.77. The first-order chi connectivity index (χ1) is 7.21. The summed E-state index contributed by atoms with van der Waals surface area (Å²) in [5.41, 5.74) is 0.104. The Labute approximate surface area is 97.3 Å². The third-order valence-corrected chi connectivity index (χ3v) is 3.57. The van der Waals surface area contributed by atoms with E-state index in [4.69, 9.17) is 0 Å². The fourth-order valence-electron chi connectivity index (χ4n) is 1.67. The first-order valence-electron chi connectivity index (χ1n) is 5.85. The number of amides is 1. The summed E-state index contributed by atoms with van der Waals surface area (Å²) in [6.07, 6.45) is -1.09. The maximum atomic E-state index is 11.9. The summed E-state index contributed by atoms with van der Waals surface area (Å²) in [7, 11) is 0. The van der Waals surface area contributed by atoms with Crippen LogP contribution >= 0.6 is 0 Å². The lowest BCUT2D eigenvalue weighted by atomic mass is 9.80. The molecule has 0 spiro atoms. The maximum absolute atomic E-state index is 11.9. The van der Waals surface area contributed by atoms with E-state index in [1.165, 1.54) is 0 Å². The molecule has 0 saturated carbocycles. The van der Waals surface area contributed by atoms with E-state index >= 15 is 0 Å². The molecule has 3 atom stereocenters. The zero-order valence-corrected chi connectivity index (χ0v) is 10.6. The van der Waals surface area contributed by atoms with Crippen LogP contribution in [0.5, 0.6) is 0 Å². The summed E-state index contributed by atoms with van der Waals surface area (Å²) in [5, 5.41) is 18.7. The molecule has 0 aromatic carbocycles. The largest absolute Gasteiger partial charge is 0.388 e. The van der Waals surface area contributed by atoms with Crippen molar-refractivity contribution < 1.29 is 15.0 Å². The Balaban J connectivity index is 2.48. The van der Waals surface area contributed by atoms with E-state index in [0.29, 0.717) is 6.42 Å². The van der Waals surface area contributed by atoms with E-state index in [1.807, 2.05) is 0 Å². The van der Waals surface area contributed by atoms with Gasteiger partial charge >= 0.3 is 0 Å². The molecular weight excluding hydrogens is 206 g/mol. The average molecular weight is 229 g/mol. The van der Waals surface area contributed by atoms with Crippen molar-refractivity contribution in [3.05, 3.63) is 0 Å². The molecule has 1 saturated heterocycles. The van der Waals surface area contributed by atoms with Crippen LogP contribution in [0.25, 0.3) is 0 Å². The second kappa shape index (κ2) is 4.72. The number of hydrogen-bond acceptors (Lipinski definition) is 3. The number of likely N-dealkylation sites (tertiary alicyclic amines) is 1. The van der Waals surface area contributed by atoms with Gasteiger partial charge in [0.05, 0.1) is 12.2 Å². The molecule has 0 aromatic rings. The standard InChI is InChI=1S/C12H23NO3/c1-8(12(2,3)4)5-11(16)13-6-9(14)10(15)7-13/h8-10,14-15H,5-7H2,1-4H3/t8?,9-,10+. The number of carbonyl (C=O) groups is 1. The summed E-state index contributed by atoms with van der Waals surface area (Å²) in [6, 6.07) is 0.